The molecule has 0 amide bonds. The van der Waals surface area contributed by atoms with Gasteiger partial charge in [-0.25, -0.2) is 0 Å². The fraction of sp³-hybridized carbons (Fsp3) is 0.316. The van der Waals surface area contributed by atoms with E-state index in [2.05, 4.69) is 4.98 Å². The zero-order valence-electron chi connectivity index (χ0n) is 14.3. The van der Waals surface area contributed by atoms with E-state index >= 15 is 0 Å². The van der Waals surface area contributed by atoms with Crippen LogP contribution in [-0.2, 0) is 9.53 Å². The van der Waals surface area contributed by atoms with Gasteiger partial charge in [-0.15, -0.1) is 0 Å². The van der Waals surface area contributed by atoms with Gasteiger partial charge in [0, 0.05) is 30.4 Å². The molecule has 0 bridgehead atoms. The molecule has 0 saturated heterocycles. The normalized spacial score (nSPS) is 12.9. The lowest BCUT2D eigenvalue weighted by atomic mass is 9.81. The Balaban J connectivity index is 2.40. The summed E-state index contributed by atoms with van der Waals surface area (Å²) in [6.07, 6.45) is 3.24. The number of ketones is 1. The van der Waals surface area contributed by atoms with Crippen molar-refractivity contribution in [3.8, 4) is 5.75 Å². The molecule has 0 aliphatic heterocycles. The topological polar surface area (TPSA) is 91.5 Å². The summed E-state index contributed by atoms with van der Waals surface area (Å²) >= 11 is 0. The van der Waals surface area contributed by atoms with Gasteiger partial charge < -0.3 is 15.2 Å². The zero-order valence-corrected chi connectivity index (χ0v) is 14.3. The Morgan fingerprint density at radius 2 is 1.92 bits per heavy atom. The fourth-order valence-corrected chi connectivity index (χ4v) is 2.68. The van der Waals surface area contributed by atoms with Gasteiger partial charge in [-0.3, -0.25) is 14.6 Å². The van der Waals surface area contributed by atoms with E-state index in [1.165, 1.54) is 0 Å². The highest BCUT2D eigenvalue weighted by molar-refractivity contribution is 6.09. The van der Waals surface area contributed by atoms with Crippen molar-refractivity contribution in [3.05, 3.63) is 59.9 Å². The largest absolute Gasteiger partial charge is 0.497 e. The maximum Gasteiger partial charge on any atom is 0.317 e. The lowest BCUT2D eigenvalue weighted by molar-refractivity contribution is -0.146. The molecule has 0 saturated carbocycles. The van der Waals surface area contributed by atoms with Gasteiger partial charge in [0.25, 0.3) is 0 Å². The van der Waals surface area contributed by atoms with Crippen molar-refractivity contribution in [3.63, 3.8) is 0 Å². The predicted molar refractivity (Wildman–Crippen MR) is 93.5 cm³/mol. The van der Waals surface area contributed by atoms with E-state index in [0.717, 1.165) is 5.56 Å². The van der Waals surface area contributed by atoms with Gasteiger partial charge in [-0.2, -0.15) is 0 Å². The van der Waals surface area contributed by atoms with Crippen LogP contribution in [-0.4, -0.2) is 37.0 Å². The molecule has 0 aliphatic rings. The minimum atomic E-state index is -1.03. The molecule has 1 aromatic heterocycles. The Hall–Kier alpha value is -2.73. The molecule has 0 fully saturated rings. The monoisotopic (exact) mass is 342 g/mol. The van der Waals surface area contributed by atoms with Crippen LogP contribution in [0.2, 0.25) is 0 Å². The zero-order chi connectivity index (χ0) is 18.2. The highest BCUT2D eigenvalue weighted by atomic mass is 16.5. The Morgan fingerprint density at radius 3 is 2.44 bits per heavy atom. The van der Waals surface area contributed by atoms with Crippen molar-refractivity contribution in [1.29, 1.82) is 0 Å². The van der Waals surface area contributed by atoms with Crippen LogP contribution in [0.4, 0.5) is 0 Å². The first-order valence-corrected chi connectivity index (χ1v) is 8.07. The molecule has 6 nitrogen and oxygen atoms in total. The van der Waals surface area contributed by atoms with Crippen LogP contribution < -0.4 is 10.5 Å². The first-order valence-electron chi connectivity index (χ1n) is 8.07. The third-order valence-electron chi connectivity index (χ3n) is 3.97. The van der Waals surface area contributed by atoms with Gasteiger partial charge >= 0.3 is 5.97 Å². The average Bonchev–Trinajstić information content (AvgIpc) is 2.66. The number of aromatic nitrogens is 1. The summed E-state index contributed by atoms with van der Waals surface area (Å²) in [4.78, 5) is 29.6. The molecule has 0 radical (unpaired) electrons. The van der Waals surface area contributed by atoms with Gasteiger partial charge in [0.15, 0.2) is 5.78 Å². The molecule has 0 aliphatic carbocycles. The van der Waals surface area contributed by atoms with Crippen molar-refractivity contribution >= 4 is 11.8 Å². The van der Waals surface area contributed by atoms with Gasteiger partial charge in [-0.05, 0) is 42.8 Å². The number of carbonyl (C=O) groups excluding carboxylic acids is 2. The lowest BCUT2D eigenvalue weighted by Crippen LogP contribution is -2.35. The Morgan fingerprint density at radius 1 is 1.20 bits per heavy atom. The number of esters is 1. The quantitative estimate of drug-likeness (QED) is 0.449. The summed E-state index contributed by atoms with van der Waals surface area (Å²) < 4.78 is 10.2. The number of hydrogen-bond donors (Lipinski definition) is 1. The Bertz CT molecular complexity index is 701. The standard InChI is InChI=1S/C19H22N2O4/c1-3-25-19(23)17(16(11-20)14-5-4-10-21-12-14)18(22)13-6-8-15(24-2)9-7-13/h4-10,12,16-17H,3,11,20H2,1-2H3. The SMILES string of the molecule is CCOC(=O)C(C(=O)c1ccc(OC)cc1)C(CN)c1cccnc1. The molecule has 2 N–H and O–H groups in total. The highest BCUT2D eigenvalue weighted by Gasteiger charge is 2.37. The van der Waals surface area contributed by atoms with Crippen LogP contribution in [0.5, 0.6) is 5.75 Å². The van der Waals surface area contributed by atoms with Crippen molar-refractivity contribution in [2.75, 3.05) is 20.3 Å². The van der Waals surface area contributed by atoms with Gasteiger partial charge in [0.1, 0.15) is 11.7 Å². The molecule has 132 valence electrons. The number of benzene rings is 1. The summed E-state index contributed by atoms with van der Waals surface area (Å²) in [5, 5.41) is 0. The summed E-state index contributed by atoms with van der Waals surface area (Å²) in [7, 11) is 1.55. The van der Waals surface area contributed by atoms with E-state index < -0.39 is 17.8 Å². The number of carbonyl (C=O) groups is 2. The van der Waals surface area contributed by atoms with Gasteiger partial charge in [0.2, 0.25) is 0 Å². The Labute approximate surface area is 147 Å². The van der Waals surface area contributed by atoms with Crippen LogP contribution in [0, 0.1) is 5.92 Å². The van der Waals surface area contributed by atoms with E-state index in [-0.39, 0.29) is 18.9 Å². The van der Waals surface area contributed by atoms with E-state index in [1.807, 2.05) is 0 Å². The molecule has 0 spiro atoms. The summed E-state index contributed by atoms with van der Waals surface area (Å²) in [6.45, 7) is 2.01. The van der Waals surface area contributed by atoms with E-state index in [9.17, 15) is 9.59 Å². The number of methoxy groups -OCH3 is 1. The van der Waals surface area contributed by atoms with Crippen LogP contribution in [0.15, 0.2) is 48.8 Å². The van der Waals surface area contributed by atoms with Crippen molar-refractivity contribution < 1.29 is 19.1 Å². The van der Waals surface area contributed by atoms with E-state index in [0.29, 0.717) is 11.3 Å². The minimum Gasteiger partial charge on any atom is -0.497 e. The number of nitrogens with zero attached hydrogens (tertiary/aromatic N) is 1. The number of rotatable bonds is 8. The fourth-order valence-electron chi connectivity index (χ4n) is 2.68. The molecular formula is C19H22N2O4. The molecule has 2 aromatic rings. The number of hydrogen-bond acceptors (Lipinski definition) is 6. The molecule has 1 heterocycles. The second-order valence-electron chi connectivity index (χ2n) is 5.45. The van der Waals surface area contributed by atoms with Crippen molar-refractivity contribution in [1.82, 2.24) is 4.98 Å². The van der Waals surface area contributed by atoms with Crippen LogP contribution in [0.1, 0.15) is 28.8 Å². The second-order valence-corrected chi connectivity index (χ2v) is 5.45. The van der Waals surface area contributed by atoms with E-state index in [1.54, 1.807) is 62.8 Å². The lowest BCUT2D eigenvalue weighted by Gasteiger charge is -2.23. The summed E-state index contributed by atoms with van der Waals surface area (Å²) in [5.41, 5.74) is 7.02. The molecule has 6 heteroatoms. The van der Waals surface area contributed by atoms with Gasteiger partial charge in [-0.1, -0.05) is 6.07 Å². The molecule has 2 atom stereocenters. The second kappa shape index (κ2) is 8.94. The molecule has 1 aromatic carbocycles. The first-order chi connectivity index (χ1) is 12.1. The molecule has 2 rings (SSSR count). The smallest absolute Gasteiger partial charge is 0.317 e. The van der Waals surface area contributed by atoms with E-state index in [4.69, 9.17) is 15.2 Å². The number of pyridine rings is 1. The maximum absolute atomic E-state index is 13.0. The highest BCUT2D eigenvalue weighted by Crippen LogP contribution is 2.28. The van der Waals surface area contributed by atoms with Gasteiger partial charge in [0.05, 0.1) is 13.7 Å². The maximum atomic E-state index is 13.0. The number of Topliss-reactive ketones (excluding diaryl/α,β-unsaturated/α-hetero) is 1. The number of ether oxygens (including phenoxy) is 2. The van der Waals surface area contributed by atoms with Crippen molar-refractivity contribution in [2.24, 2.45) is 11.7 Å². The average molecular weight is 342 g/mol. The van der Waals surface area contributed by atoms with Crippen LogP contribution in [0.25, 0.3) is 0 Å². The Kier molecular flexibility index (Phi) is 6.65. The van der Waals surface area contributed by atoms with Crippen LogP contribution in [0.3, 0.4) is 0 Å². The summed E-state index contributed by atoms with van der Waals surface area (Å²) in [5.74, 6) is -1.82. The third-order valence-corrected chi connectivity index (χ3v) is 3.97. The third kappa shape index (κ3) is 4.42. The molecular weight excluding hydrogens is 320 g/mol. The number of nitrogens with two attached hydrogens (primary N) is 1. The molecule has 25 heavy (non-hydrogen) atoms. The summed E-state index contributed by atoms with van der Waals surface area (Å²) in [6, 6.07) is 10.2. The van der Waals surface area contributed by atoms with Crippen LogP contribution >= 0.6 is 0 Å². The predicted octanol–water partition coefficient (Wildman–Crippen LogP) is 2.19. The minimum absolute atomic E-state index is 0.122. The molecule has 2 unspecified atom stereocenters. The first kappa shape index (κ1) is 18.6. The van der Waals surface area contributed by atoms with Crippen molar-refractivity contribution in [2.45, 2.75) is 12.8 Å².